The van der Waals surface area contributed by atoms with Crippen molar-refractivity contribution in [1.29, 1.82) is 0 Å². The predicted molar refractivity (Wildman–Crippen MR) is 71.6 cm³/mol. The second-order valence-corrected chi connectivity index (χ2v) is 5.74. The van der Waals surface area contributed by atoms with Crippen LogP contribution in [0.15, 0.2) is 0 Å². The molecule has 92 valence electrons. The van der Waals surface area contributed by atoms with Gasteiger partial charge in [0.25, 0.3) is 0 Å². The summed E-state index contributed by atoms with van der Waals surface area (Å²) in [4.78, 5) is 5.77. The maximum absolute atomic E-state index is 5.77. The van der Waals surface area contributed by atoms with Gasteiger partial charge in [0.15, 0.2) is 0 Å². The van der Waals surface area contributed by atoms with Crippen molar-refractivity contribution in [2.24, 2.45) is 5.73 Å². The van der Waals surface area contributed by atoms with Crippen molar-refractivity contribution in [2.75, 3.05) is 19.6 Å². The zero-order valence-electron chi connectivity index (χ0n) is 10.4. The molecule has 0 bridgehead atoms. The van der Waals surface area contributed by atoms with E-state index in [1.807, 2.05) is 0 Å². The molecule has 0 amide bonds. The van der Waals surface area contributed by atoms with E-state index in [1.54, 1.807) is 0 Å². The summed E-state index contributed by atoms with van der Waals surface area (Å²) in [5.74, 6) is 0. The molecule has 0 aromatic heterocycles. The Labute approximate surface area is 104 Å². The van der Waals surface area contributed by atoms with Crippen LogP contribution in [0.5, 0.6) is 0 Å². The van der Waals surface area contributed by atoms with E-state index in [0.717, 1.165) is 12.6 Å². The maximum atomic E-state index is 5.77. The van der Waals surface area contributed by atoms with Gasteiger partial charge in [-0.05, 0) is 33.2 Å². The number of nitrogens with zero attached hydrogens (tertiary/aromatic N) is 2. The van der Waals surface area contributed by atoms with Crippen LogP contribution in [0, 0.1) is 0 Å². The second-order valence-electron chi connectivity index (χ2n) is 5.27. The van der Waals surface area contributed by atoms with Crippen molar-refractivity contribution in [3.8, 4) is 0 Å². The van der Waals surface area contributed by atoms with Gasteiger partial charge in [-0.25, -0.2) is 0 Å². The van der Waals surface area contributed by atoms with Gasteiger partial charge >= 0.3 is 0 Å². The minimum Gasteiger partial charge on any atom is -0.392 e. The number of hydrogen-bond donors (Lipinski definition) is 1. The van der Waals surface area contributed by atoms with Crippen LogP contribution in [0.25, 0.3) is 0 Å². The molecule has 2 aliphatic rings. The van der Waals surface area contributed by atoms with Crippen LogP contribution >= 0.6 is 12.2 Å². The number of hydrogen-bond acceptors (Lipinski definition) is 3. The van der Waals surface area contributed by atoms with Crippen LogP contribution in [-0.4, -0.2) is 52.5 Å². The smallest absolute Gasteiger partial charge is 0.0899 e. The lowest BCUT2D eigenvalue weighted by Crippen LogP contribution is -2.62. The number of piperazine rings is 1. The first-order valence-corrected chi connectivity index (χ1v) is 6.79. The van der Waals surface area contributed by atoms with Crippen LogP contribution in [0.1, 0.15) is 33.1 Å². The van der Waals surface area contributed by atoms with Crippen molar-refractivity contribution >= 4 is 17.2 Å². The Balaban J connectivity index is 2.02. The quantitative estimate of drug-likeness (QED) is 0.737. The van der Waals surface area contributed by atoms with E-state index in [2.05, 4.69) is 23.6 Å². The Hall–Kier alpha value is -0.190. The minimum atomic E-state index is 0.245. The van der Waals surface area contributed by atoms with Gasteiger partial charge < -0.3 is 5.73 Å². The summed E-state index contributed by atoms with van der Waals surface area (Å²) in [6.07, 6.45) is 4.09. The zero-order valence-corrected chi connectivity index (χ0v) is 11.2. The molecular weight excluding hydrogens is 218 g/mol. The molecule has 2 aliphatic heterocycles. The highest BCUT2D eigenvalue weighted by molar-refractivity contribution is 7.80. The first-order chi connectivity index (χ1) is 7.59. The SMILES string of the molecule is CC1CN2CCCCC2CN1C(C)C(N)=S. The third-order valence-corrected chi connectivity index (χ3v) is 4.49. The number of thiocarbonyl (C=S) groups is 1. The molecule has 0 aromatic rings. The van der Waals surface area contributed by atoms with Crippen molar-refractivity contribution in [3.05, 3.63) is 0 Å². The predicted octanol–water partition coefficient (Wildman–Crippen LogP) is 1.22. The summed E-state index contributed by atoms with van der Waals surface area (Å²) in [7, 11) is 0. The second kappa shape index (κ2) is 4.98. The lowest BCUT2D eigenvalue weighted by atomic mass is 9.96. The molecule has 16 heavy (non-hydrogen) atoms. The van der Waals surface area contributed by atoms with Gasteiger partial charge in [0.1, 0.15) is 0 Å². The van der Waals surface area contributed by atoms with Gasteiger partial charge in [0.05, 0.1) is 11.0 Å². The molecule has 0 radical (unpaired) electrons. The van der Waals surface area contributed by atoms with Gasteiger partial charge in [0, 0.05) is 25.2 Å². The summed E-state index contributed by atoms with van der Waals surface area (Å²) >= 11 is 5.12. The van der Waals surface area contributed by atoms with Gasteiger partial charge in [-0.3, -0.25) is 9.80 Å². The lowest BCUT2D eigenvalue weighted by Gasteiger charge is -2.49. The molecule has 2 rings (SSSR count). The summed E-state index contributed by atoms with van der Waals surface area (Å²) in [6, 6.07) is 1.56. The van der Waals surface area contributed by atoms with Gasteiger partial charge in [0.2, 0.25) is 0 Å². The molecule has 2 heterocycles. The van der Waals surface area contributed by atoms with Gasteiger partial charge in [-0.1, -0.05) is 18.6 Å². The third-order valence-electron chi connectivity index (χ3n) is 4.14. The van der Waals surface area contributed by atoms with Crippen molar-refractivity contribution in [2.45, 2.75) is 51.2 Å². The molecule has 2 N–H and O–H groups in total. The average Bonchev–Trinajstić information content (AvgIpc) is 2.27. The Bertz CT molecular complexity index is 269. The highest BCUT2D eigenvalue weighted by Crippen LogP contribution is 2.25. The molecule has 2 fully saturated rings. The van der Waals surface area contributed by atoms with Crippen LogP contribution in [0.4, 0.5) is 0 Å². The van der Waals surface area contributed by atoms with E-state index in [0.29, 0.717) is 11.0 Å². The lowest BCUT2D eigenvalue weighted by molar-refractivity contribution is 0.00868. The van der Waals surface area contributed by atoms with Crippen molar-refractivity contribution in [1.82, 2.24) is 9.80 Å². The molecule has 0 spiro atoms. The number of piperidine rings is 1. The molecule has 2 saturated heterocycles. The van der Waals surface area contributed by atoms with Crippen LogP contribution in [0.3, 0.4) is 0 Å². The summed E-state index contributed by atoms with van der Waals surface area (Å²) in [5.41, 5.74) is 5.77. The maximum Gasteiger partial charge on any atom is 0.0899 e. The van der Waals surface area contributed by atoms with Crippen LogP contribution in [-0.2, 0) is 0 Å². The fourth-order valence-corrected chi connectivity index (χ4v) is 3.21. The fourth-order valence-electron chi connectivity index (χ4n) is 3.08. The first-order valence-electron chi connectivity index (χ1n) is 6.38. The Morgan fingerprint density at radius 2 is 2.12 bits per heavy atom. The molecule has 3 atom stereocenters. The summed E-state index contributed by atoms with van der Waals surface area (Å²) in [6.45, 7) is 8.03. The Morgan fingerprint density at radius 3 is 2.81 bits per heavy atom. The topological polar surface area (TPSA) is 32.5 Å². The average molecular weight is 241 g/mol. The Morgan fingerprint density at radius 1 is 1.38 bits per heavy atom. The molecule has 0 aromatic carbocycles. The van der Waals surface area contributed by atoms with Crippen molar-refractivity contribution < 1.29 is 0 Å². The van der Waals surface area contributed by atoms with E-state index in [1.165, 1.54) is 32.4 Å². The monoisotopic (exact) mass is 241 g/mol. The summed E-state index contributed by atoms with van der Waals surface area (Å²) in [5, 5.41) is 0. The van der Waals surface area contributed by atoms with Gasteiger partial charge in [-0.15, -0.1) is 0 Å². The molecule has 3 nitrogen and oxygen atoms in total. The molecule has 4 heteroatoms. The summed E-state index contributed by atoms with van der Waals surface area (Å²) < 4.78 is 0. The normalized spacial score (nSPS) is 34.4. The first kappa shape index (κ1) is 12.3. The van der Waals surface area contributed by atoms with Crippen LogP contribution in [0.2, 0.25) is 0 Å². The fraction of sp³-hybridized carbons (Fsp3) is 0.917. The van der Waals surface area contributed by atoms with Crippen molar-refractivity contribution in [3.63, 3.8) is 0 Å². The van der Waals surface area contributed by atoms with Gasteiger partial charge in [-0.2, -0.15) is 0 Å². The molecule has 0 aliphatic carbocycles. The van der Waals surface area contributed by atoms with E-state index in [-0.39, 0.29) is 6.04 Å². The highest BCUT2D eigenvalue weighted by atomic mass is 32.1. The largest absolute Gasteiger partial charge is 0.392 e. The Kier molecular flexibility index (Phi) is 3.82. The highest BCUT2D eigenvalue weighted by Gasteiger charge is 2.35. The molecule has 0 saturated carbocycles. The standard InChI is InChI=1S/C12H23N3S/c1-9-7-14-6-4-3-5-11(14)8-15(9)10(2)12(13)16/h9-11H,3-8H2,1-2H3,(H2,13,16). The molecule has 3 unspecified atom stereocenters. The molecular formula is C12H23N3S. The minimum absolute atomic E-state index is 0.245. The number of fused-ring (bicyclic) bond motifs is 1. The van der Waals surface area contributed by atoms with E-state index < -0.39 is 0 Å². The van der Waals surface area contributed by atoms with E-state index in [4.69, 9.17) is 18.0 Å². The van der Waals surface area contributed by atoms with E-state index >= 15 is 0 Å². The zero-order chi connectivity index (χ0) is 11.7. The van der Waals surface area contributed by atoms with E-state index in [9.17, 15) is 0 Å². The number of nitrogens with two attached hydrogens (primary N) is 1. The number of rotatable bonds is 2. The van der Waals surface area contributed by atoms with Crippen LogP contribution < -0.4 is 5.73 Å². The third kappa shape index (κ3) is 2.39.